The Hall–Kier alpha value is -2.47. The highest BCUT2D eigenvalue weighted by Gasteiger charge is 2.13. The minimum atomic E-state index is 0.299. The van der Waals surface area contributed by atoms with Crippen LogP contribution in [0.5, 0.6) is 11.5 Å². The topological polar surface area (TPSA) is 60.0 Å². The average molecular weight is 311 g/mol. The maximum Gasteiger partial charge on any atom is 0.231 e. The van der Waals surface area contributed by atoms with E-state index in [1.807, 2.05) is 48.5 Å². The molecule has 3 aromatic rings. The Bertz CT molecular complexity index is 789. The van der Waals surface area contributed by atoms with Crippen molar-refractivity contribution in [2.75, 3.05) is 6.79 Å². The number of hydrogen-bond donors (Lipinski definition) is 1. The summed E-state index contributed by atoms with van der Waals surface area (Å²) in [5.41, 5.74) is 2.19. The van der Waals surface area contributed by atoms with Crippen LogP contribution in [0.15, 0.2) is 53.7 Å². The number of fused-ring (bicyclic) bond motifs is 1. The Morgan fingerprint density at radius 1 is 1.05 bits per heavy atom. The van der Waals surface area contributed by atoms with Gasteiger partial charge in [-0.2, -0.15) is 0 Å². The first kappa shape index (κ1) is 13.2. The van der Waals surface area contributed by atoms with E-state index in [4.69, 9.17) is 9.47 Å². The predicted octanol–water partition coefficient (Wildman–Crippen LogP) is 3.49. The van der Waals surface area contributed by atoms with Gasteiger partial charge in [-0.15, -0.1) is 5.10 Å². The van der Waals surface area contributed by atoms with Gasteiger partial charge in [-0.05, 0) is 17.7 Å². The number of H-pyrrole nitrogens is 1. The van der Waals surface area contributed by atoms with E-state index < -0.39 is 0 Å². The van der Waals surface area contributed by atoms with Crippen LogP contribution in [0.3, 0.4) is 0 Å². The second-order valence-electron chi connectivity index (χ2n) is 4.81. The average Bonchev–Trinajstić information content (AvgIpc) is 3.22. The SMILES string of the molecule is c1ccc(-c2nc(SCc3ccc4c(c3)OCO4)n[nH]2)cc1. The molecule has 0 saturated heterocycles. The fourth-order valence-electron chi connectivity index (χ4n) is 2.21. The van der Waals surface area contributed by atoms with E-state index in [-0.39, 0.29) is 0 Å². The summed E-state index contributed by atoms with van der Waals surface area (Å²) in [6.45, 7) is 0.299. The second-order valence-corrected chi connectivity index (χ2v) is 5.75. The summed E-state index contributed by atoms with van der Waals surface area (Å²) >= 11 is 1.58. The molecule has 0 amide bonds. The maximum atomic E-state index is 5.38. The lowest BCUT2D eigenvalue weighted by Crippen LogP contribution is -1.92. The summed E-state index contributed by atoms with van der Waals surface area (Å²) in [6.07, 6.45) is 0. The summed E-state index contributed by atoms with van der Waals surface area (Å²) in [5, 5.41) is 7.96. The van der Waals surface area contributed by atoms with E-state index in [0.29, 0.717) is 6.79 Å². The molecule has 1 aliphatic heterocycles. The van der Waals surface area contributed by atoms with Crippen LogP contribution in [0.25, 0.3) is 11.4 Å². The van der Waals surface area contributed by atoms with Gasteiger partial charge in [0.25, 0.3) is 0 Å². The number of aromatic nitrogens is 3. The number of ether oxygens (including phenoxy) is 2. The van der Waals surface area contributed by atoms with E-state index in [9.17, 15) is 0 Å². The number of hydrogen-bond acceptors (Lipinski definition) is 5. The molecule has 2 heterocycles. The normalized spacial score (nSPS) is 12.5. The molecule has 6 heteroatoms. The van der Waals surface area contributed by atoms with Gasteiger partial charge in [-0.25, -0.2) is 4.98 Å². The van der Waals surface area contributed by atoms with Crippen molar-refractivity contribution in [1.29, 1.82) is 0 Å². The Morgan fingerprint density at radius 3 is 2.82 bits per heavy atom. The van der Waals surface area contributed by atoms with E-state index in [2.05, 4.69) is 15.2 Å². The Morgan fingerprint density at radius 2 is 1.91 bits per heavy atom. The van der Waals surface area contributed by atoms with Crippen molar-refractivity contribution in [3.63, 3.8) is 0 Å². The van der Waals surface area contributed by atoms with Crippen LogP contribution in [-0.2, 0) is 5.75 Å². The number of nitrogens with one attached hydrogen (secondary N) is 1. The van der Waals surface area contributed by atoms with Gasteiger partial charge in [0, 0.05) is 11.3 Å². The molecule has 0 unspecified atom stereocenters. The van der Waals surface area contributed by atoms with Crippen LogP contribution in [0.4, 0.5) is 0 Å². The summed E-state index contributed by atoms with van der Waals surface area (Å²) in [6, 6.07) is 15.9. The van der Waals surface area contributed by atoms with E-state index in [0.717, 1.165) is 39.4 Å². The van der Waals surface area contributed by atoms with Crippen LogP contribution < -0.4 is 9.47 Å². The molecule has 1 aromatic heterocycles. The molecular weight excluding hydrogens is 298 g/mol. The van der Waals surface area contributed by atoms with Crippen molar-refractivity contribution >= 4 is 11.8 Å². The molecule has 0 bridgehead atoms. The molecule has 1 N–H and O–H groups in total. The quantitative estimate of drug-likeness (QED) is 0.747. The minimum Gasteiger partial charge on any atom is -0.454 e. The van der Waals surface area contributed by atoms with Crippen LogP contribution in [0.1, 0.15) is 5.56 Å². The van der Waals surface area contributed by atoms with Gasteiger partial charge in [0.05, 0.1) is 0 Å². The Kier molecular flexibility index (Phi) is 3.44. The lowest BCUT2D eigenvalue weighted by Gasteiger charge is -2.00. The van der Waals surface area contributed by atoms with Crippen molar-refractivity contribution in [2.45, 2.75) is 10.9 Å². The first-order valence-electron chi connectivity index (χ1n) is 6.88. The van der Waals surface area contributed by atoms with Crippen molar-refractivity contribution < 1.29 is 9.47 Å². The first-order chi connectivity index (χ1) is 10.9. The zero-order chi connectivity index (χ0) is 14.8. The summed E-state index contributed by atoms with van der Waals surface area (Å²) in [5.74, 6) is 3.17. The first-order valence-corrected chi connectivity index (χ1v) is 7.86. The number of nitrogens with zero attached hydrogens (tertiary/aromatic N) is 2. The number of thioether (sulfide) groups is 1. The van der Waals surface area contributed by atoms with E-state index >= 15 is 0 Å². The molecule has 22 heavy (non-hydrogen) atoms. The van der Waals surface area contributed by atoms with Gasteiger partial charge in [0.15, 0.2) is 17.3 Å². The molecule has 2 aromatic carbocycles. The van der Waals surface area contributed by atoms with Crippen molar-refractivity contribution in [1.82, 2.24) is 15.2 Å². The summed E-state index contributed by atoms with van der Waals surface area (Å²) < 4.78 is 10.7. The third kappa shape index (κ3) is 2.65. The largest absolute Gasteiger partial charge is 0.454 e. The van der Waals surface area contributed by atoms with E-state index in [1.165, 1.54) is 0 Å². The number of rotatable bonds is 4. The molecule has 0 atom stereocenters. The zero-order valence-corrected chi connectivity index (χ0v) is 12.5. The lowest BCUT2D eigenvalue weighted by atomic mass is 10.2. The van der Waals surface area contributed by atoms with Crippen LogP contribution in [-0.4, -0.2) is 22.0 Å². The maximum absolute atomic E-state index is 5.38. The van der Waals surface area contributed by atoms with Gasteiger partial charge in [-0.1, -0.05) is 48.2 Å². The van der Waals surface area contributed by atoms with Gasteiger partial charge in [0.2, 0.25) is 11.9 Å². The molecule has 0 saturated carbocycles. The standard InChI is InChI=1S/C16H13N3O2S/c1-2-4-12(5-3-1)15-17-16(19-18-15)22-9-11-6-7-13-14(8-11)21-10-20-13/h1-8H,9-10H2,(H,17,18,19). The van der Waals surface area contributed by atoms with Gasteiger partial charge < -0.3 is 9.47 Å². The monoisotopic (exact) mass is 311 g/mol. The molecule has 0 radical (unpaired) electrons. The molecular formula is C16H13N3O2S. The number of aromatic amines is 1. The highest BCUT2D eigenvalue weighted by atomic mass is 32.2. The zero-order valence-electron chi connectivity index (χ0n) is 11.7. The van der Waals surface area contributed by atoms with Gasteiger partial charge in [0.1, 0.15) is 0 Å². The third-order valence-corrected chi connectivity index (χ3v) is 4.24. The van der Waals surface area contributed by atoms with Crippen LogP contribution in [0.2, 0.25) is 0 Å². The molecule has 4 rings (SSSR count). The van der Waals surface area contributed by atoms with Crippen molar-refractivity contribution in [2.24, 2.45) is 0 Å². The molecule has 110 valence electrons. The molecule has 5 nitrogen and oxygen atoms in total. The van der Waals surface area contributed by atoms with E-state index in [1.54, 1.807) is 11.8 Å². The highest BCUT2D eigenvalue weighted by molar-refractivity contribution is 7.98. The molecule has 0 fully saturated rings. The molecule has 1 aliphatic rings. The third-order valence-electron chi connectivity index (χ3n) is 3.32. The minimum absolute atomic E-state index is 0.299. The van der Waals surface area contributed by atoms with Crippen molar-refractivity contribution in [3.05, 3.63) is 54.1 Å². The Labute approximate surface area is 131 Å². The summed E-state index contributed by atoms with van der Waals surface area (Å²) in [4.78, 5) is 4.51. The predicted molar refractivity (Wildman–Crippen MR) is 83.9 cm³/mol. The Balaban J connectivity index is 1.45. The number of benzene rings is 2. The van der Waals surface area contributed by atoms with Crippen LogP contribution >= 0.6 is 11.8 Å². The van der Waals surface area contributed by atoms with Gasteiger partial charge >= 0.3 is 0 Å². The van der Waals surface area contributed by atoms with Crippen molar-refractivity contribution in [3.8, 4) is 22.9 Å². The van der Waals surface area contributed by atoms with Gasteiger partial charge in [-0.3, -0.25) is 5.10 Å². The smallest absolute Gasteiger partial charge is 0.231 e. The fourth-order valence-corrected chi connectivity index (χ4v) is 2.96. The van der Waals surface area contributed by atoms with Crippen LogP contribution in [0, 0.1) is 0 Å². The molecule has 0 aliphatic carbocycles. The molecule has 0 spiro atoms. The lowest BCUT2D eigenvalue weighted by molar-refractivity contribution is 0.174. The highest BCUT2D eigenvalue weighted by Crippen LogP contribution is 2.34. The fraction of sp³-hybridized carbons (Fsp3) is 0.125. The second kappa shape index (κ2) is 5.73. The summed E-state index contributed by atoms with van der Waals surface area (Å²) in [7, 11) is 0.